The molecule has 0 atom stereocenters. The summed E-state index contributed by atoms with van der Waals surface area (Å²) in [6.45, 7) is 8.82. The Morgan fingerprint density at radius 3 is 2.20 bits per heavy atom. The molecule has 50 heavy (non-hydrogen) atoms. The molecule has 2 aromatic carbocycles. The number of hydrogen-bond donors (Lipinski definition) is 3. The van der Waals surface area contributed by atoms with Gasteiger partial charge in [0, 0.05) is 21.5 Å². The van der Waals surface area contributed by atoms with E-state index in [2.05, 4.69) is 10.6 Å². The molecule has 0 saturated carbocycles. The fourth-order valence-electron chi connectivity index (χ4n) is 5.29. The van der Waals surface area contributed by atoms with Crippen molar-refractivity contribution < 1.29 is 47.4 Å². The number of nitrogens with one attached hydrogen (secondary N) is 1. The van der Waals surface area contributed by atoms with Crippen molar-refractivity contribution in [1.82, 2.24) is 30.0 Å². The first-order valence-electron chi connectivity index (χ1n) is 15.1. The van der Waals surface area contributed by atoms with Crippen LogP contribution in [-0.4, -0.2) is 88.5 Å². The van der Waals surface area contributed by atoms with Gasteiger partial charge < -0.3 is 10.2 Å². The molecule has 4 amide bonds. The monoisotopic (exact) mass is 740 g/mol. The van der Waals surface area contributed by atoms with E-state index >= 15 is 0 Å². The third kappa shape index (κ3) is 8.69. The van der Waals surface area contributed by atoms with Gasteiger partial charge in [-0.25, -0.2) is 9.59 Å². The Bertz CT molecular complexity index is 1800. The van der Waals surface area contributed by atoms with Crippen molar-refractivity contribution in [2.45, 2.75) is 71.6 Å². The van der Waals surface area contributed by atoms with Crippen molar-refractivity contribution in [3.05, 3.63) is 69.2 Å². The van der Waals surface area contributed by atoms with Crippen molar-refractivity contribution in [2.75, 3.05) is 13.2 Å². The van der Waals surface area contributed by atoms with Crippen molar-refractivity contribution in [1.29, 1.82) is 0 Å². The number of rotatable bonds is 10. The molecule has 0 unspecified atom stereocenters. The summed E-state index contributed by atoms with van der Waals surface area (Å²) < 4.78 is 42.2. The Kier molecular flexibility index (Phi) is 11.2. The van der Waals surface area contributed by atoms with E-state index in [4.69, 9.17) is 16.4 Å². The summed E-state index contributed by atoms with van der Waals surface area (Å²) in [5.74, 6) is -0.609. The van der Waals surface area contributed by atoms with Crippen LogP contribution >= 0.6 is 23.4 Å². The molecule has 0 aliphatic carbocycles. The Hall–Kier alpha value is -4.32. The maximum Gasteiger partial charge on any atom is 0.416 e. The minimum Gasteiger partial charge on any atom is -0.465 e. The number of aromatic nitrogens is 2. The maximum absolute atomic E-state index is 13.6. The summed E-state index contributed by atoms with van der Waals surface area (Å²) >= 11 is 6.49. The van der Waals surface area contributed by atoms with E-state index < -0.39 is 52.4 Å². The Morgan fingerprint density at radius 1 is 1.02 bits per heavy atom. The molecule has 1 aliphatic heterocycles. The molecular weight excluding hydrogens is 705 g/mol. The van der Waals surface area contributed by atoms with Crippen molar-refractivity contribution in [3.8, 4) is 0 Å². The number of carbonyl (C=O) groups excluding carboxylic acids is 2. The summed E-state index contributed by atoms with van der Waals surface area (Å²) in [5, 5.41) is 24.1. The molecule has 1 aromatic heterocycles. The number of carboxylic acid groups (broad SMARTS) is 2. The van der Waals surface area contributed by atoms with Gasteiger partial charge in [-0.2, -0.15) is 23.8 Å². The van der Waals surface area contributed by atoms with Crippen LogP contribution in [0.3, 0.4) is 0 Å². The molecule has 4 rings (SSSR count). The molecule has 13 nitrogen and oxygen atoms in total. The lowest BCUT2D eigenvalue weighted by molar-refractivity contribution is -0.138. The molecule has 0 spiro atoms. The van der Waals surface area contributed by atoms with Crippen LogP contribution in [0.25, 0.3) is 17.0 Å². The van der Waals surface area contributed by atoms with Gasteiger partial charge >= 0.3 is 18.4 Å². The summed E-state index contributed by atoms with van der Waals surface area (Å²) in [5.41, 5.74) is 0.593. The minimum atomic E-state index is -4.61. The Labute approximate surface area is 294 Å². The number of imide groups is 1. The quantitative estimate of drug-likeness (QED) is 0.0844. The topological polar surface area (TPSA) is 158 Å². The second kappa shape index (κ2) is 14.5. The first-order chi connectivity index (χ1) is 23.1. The highest BCUT2D eigenvalue weighted by atomic mass is 35.5. The van der Waals surface area contributed by atoms with Gasteiger partial charge in [-0.3, -0.25) is 33.8 Å². The van der Waals surface area contributed by atoms with Gasteiger partial charge in [-0.1, -0.05) is 23.7 Å². The van der Waals surface area contributed by atoms with E-state index in [1.807, 2.05) is 0 Å². The highest BCUT2D eigenvalue weighted by Gasteiger charge is 2.44. The second-order valence-electron chi connectivity index (χ2n) is 13.2. The molecule has 0 radical (unpaired) electrons. The van der Waals surface area contributed by atoms with Crippen molar-refractivity contribution >= 4 is 63.7 Å². The molecule has 2 heterocycles. The van der Waals surface area contributed by atoms with Gasteiger partial charge in [0.1, 0.15) is 0 Å². The van der Waals surface area contributed by atoms with Gasteiger partial charge in [-0.15, -0.1) is 0 Å². The van der Waals surface area contributed by atoms with Gasteiger partial charge in [0.2, 0.25) is 0 Å². The van der Waals surface area contributed by atoms with Crippen LogP contribution in [0.4, 0.5) is 27.6 Å². The Balaban J connectivity index is 1.46. The number of amides is 4. The summed E-state index contributed by atoms with van der Waals surface area (Å²) in [4.78, 5) is 58.6. The average molecular weight is 741 g/mol. The summed E-state index contributed by atoms with van der Waals surface area (Å²) in [6, 6.07) is 8.51. The number of nitrogens with zero attached hydrogens (tertiary/aromatic N) is 5. The van der Waals surface area contributed by atoms with Crippen LogP contribution in [0.15, 0.2) is 47.5 Å². The standard InChI is InChI=1S/C32H36ClF3N6O7S/c1-30(2,3)41(27(44)45)26(42(28(46)47)31(4,5)6)38-49-12-11-39-25(43)24(50-29(39)48)14-18-7-10-23-20(13-18)16-37-40(23)17-19-8-9-21(33)15-22(19)32(34,35)36/h7-10,13-16,26,38H,11-12,17H2,1-6H3,(H,44,45)(H,46,47). The first-order valence-corrected chi connectivity index (χ1v) is 16.3. The molecule has 3 aromatic rings. The third-order valence-electron chi connectivity index (χ3n) is 7.49. The number of fused-ring (bicyclic) bond motifs is 1. The minimum absolute atomic E-state index is 0.0128. The highest BCUT2D eigenvalue weighted by molar-refractivity contribution is 8.18. The number of hydroxylamine groups is 1. The smallest absolute Gasteiger partial charge is 0.416 e. The molecule has 3 N–H and O–H groups in total. The van der Waals surface area contributed by atoms with E-state index in [9.17, 15) is 42.6 Å². The van der Waals surface area contributed by atoms with Crippen LogP contribution in [0.5, 0.6) is 0 Å². The highest BCUT2D eigenvalue weighted by Crippen LogP contribution is 2.35. The summed E-state index contributed by atoms with van der Waals surface area (Å²) in [7, 11) is 0. The SMILES string of the molecule is CC(C)(C)N(C(=O)O)C(NOCCN1C(=O)SC(=Cc2ccc3c(cnn3Cc3ccc(Cl)cc3C(F)(F)F)c2)C1=O)N(C(=O)O)C(C)(C)C. The number of carbonyl (C=O) groups is 4. The predicted octanol–water partition coefficient (Wildman–Crippen LogP) is 7.15. The Morgan fingerprint density at radius 2 is 1.64 bits per heavy atom. The molecule has 18 heteroatoms. The predicted molar refractivity (Wildman–Crippen MR) is 180 cm³/mol. The molecule has 270 valence electrons. The van der Waals surface area contributed by atoms with E-state index in [-0.39, 0.29) is 35.2 Å². The normalized spacial score (nSPS) is 15.1. The van der Waals surface area contributed by atoms with Gasteiger partial charge in [0.25, 0.3) is 11.1 Å². The lowest BCUT2D eigenvalue weighted by atomic mass is 10.0. The zero-order valence-electron chi connectivity index (χ0n) is 27.9. The average Bonchev–Trinajstić information content (AvgIpc) is 3.48. The molecular formula is C32H36ClF3N6O7S. The lowest BCUT2D eigenvalue weighted by Gasteiger charge is -2.47. The third-order valence-corrected chi connectivity index (χ3v) is 8.63. The number of alkyl halides is 3. The van der Waals surface area contributed by atoms with Crippen molar-refractivity contribution in [2.24, 2.45) is 0 Å². The zero-order valence-corrected chi connectivity index (χ0v) is 29.5. The van der Waals surface area contributed by atoms with Gasteiger partial charge in [-0.05, 0) is 94.8 Å². The number of hydrogen-bond acceptors (Lipinski definition) is 8. The van der Waals surface area contributed by atoms with E-state index in [0.717, 1.165) is 20.8 Å². The molecule has 1 fully saturated rings. The van der Waals surface area contributed by atoms with E-state index in [1.165, 1.54) is 29.1 Å². The van der Waals surface area contributed by atoms with Crippen LogP contribution < -0.4 is 5.48 Å². The maximum atomic E-state index is 13.6. The number of benzene rings is 2. The van der Waals surface area contributed by atoms with E-state index in [1.54, 1.807) is 59.7 Å². The fourth-order valence-corrected chi connectivity index (χ4v) is 6.32. The van der Waals surface area contributed by atoms with Crippen LogP contribution in [0.1, 0.15) is 58.2 Å². The lowest BCUT2D eigenvalue weighted by Crippen LogP contribution is -2.68. The summed E-state index contributed by atoms with van der Waals surface area (Å²) in [6.07, 6.45) is -5.93. The van der Waals surface area contributed by atoms with E-state index in [0.29, 0.717) is 28.2 Å². The number of halogens is 4. The first kappa shape index (κ1) is 38.5. The van der Waals surface area contributed by atoms with Crippen LogP contribution in [0.2, 0.25) is 5.02 Å². The molecule has 0 bridgehead atoms. The number of thioether (sulfide) groups is 1. The fraction of sp³-hybridized carbons (Fsp3) is 0.406. The van der Waals surface area contributed by atoms with Crippen molar-refractivity contribution in [3.63, 3.8) is 0 Å². The van der Waals surface area contributed by atoms with Crippen LogP contribution in [0, 0.1) is 0 Å². The molecule has 1 saturated heterocycles. The molecule has 1 aliphatic rings. The van der Waals surface area contributed by atoms with Gasteiger partial charge in [0.15, 0.2) is 6.29 Å². The van der Waals surface area contributed by atoms with Crippen LogP contribution in [-0.2, 0) is 22.4 Å². The van der Waals surface area contributed by atoms with Gasteiger partial charge in [0.05, 0.1) is 41.9 Å². The second-order valence-corrected chi connectivity index (χ2v) is 14.7. The largest absolute Gasteiger partial charge is 0.465 e. The zero-order chi connectivity index (χ0) is 37.3.